The molecule has 3 rings (SSSR count). The summed E-state index contributed by atoms with van der Waals surface area (Å²) in [5, 5.41) is 0. The monoisotopic (exact) mass is 473 g/mol. The summed E-state index contributed by atoms with van der Waals surface area (Å²) in [5.41, 5.74) is 8.74. The molecule has 1 nitrogen and oxygen atoms in total. The van der Waals surface area contributed by atoms with E-state index in [1.165, 1.54) is 22.3 Å². The minimum absolute atomic E-state index is 0. The Kier molecular flexibility index (Phi) is 5.42. The molecule has 0 unspecified atom stereocenters. The van der Waals surface area contributed by atoms with Gasteiger partial charge in [0, 0.05) is 32.2 Å². The first-order valence-corrected chi connectivity index (χ1v) is 7.75. The molecular weight excluding hydrogens is 452 g/mol. The molecule has 0 fully saturated rings. The van der Waals surface area contributed by atoms with Crippen molar-refractivity contribution in [3.63, 3.8) is 0 Å². The molecule has 0 amide bonds. The average molecular weight is 473 g/mol. The van der Waals surface area contributed by atoms with E-state index in [4.69, 9.17) is 0 Å². The van der Waals surface area contributed by atoms with Crippen molar-refractivity contribution in [2.75, 3.05) is 0 Å². The Balaban J connectivity index is 0.00000192. The van der Waals surface area contributed by atoms with Crippen LogP contribution < -0.4 is 0 Å². The Hall–Kier alpha value is -1.46. The van der Waals surface area contributed by atoms with Gasteiger partial charge in [0.05, 0.1) is 0 Å². The van der Waals surface area contributed by atoms with Crippen molar-refractivity contribution in [1.82, 2.24) is 0 Å². The number of Topliss-reactive ketones (excluding diaryl/α,β-unsaturated/α-hetero) is 1. The fourth-order valence-electron chi connectivity index (χ4n) is 3.23. The number of benzene rings is 2. The van der Waals surface area contributed by atoms with Crippen molar-refractivity contribution in [3.8, 4) is 0 Å². The van der Waals surface area contributed by atoms with Gasteiger partial charge in [-0.15, -0.1) is 0 Å². The summed E-state index contributed by atoms with van der Waals surface area (Å²) in [6.07, 6.45) is 1.53. The van der Waals surface area contributed by atoms with Crippen LogP contribution in [0.4, 0.5) is 0 Å². The molecule has 0 heterocycles. The molecule has 0 saturated carbocycles. The average Bonchev–Trinajstić information content (AvgIpc) is 2.89. The normalized spacial score (nSPS) is 12.9. The number of ketones is 1. The largest absolute Gasteiger partial charge is 0.339 e. The first-order chi connectivity index (χ1) is 10.5. The van der Waals surface area contributed by atoms with Gasteiger partial charge in [0.2, 0.25) is 0 Å². The molecule has 0 saturated heterocycles. The van der Waals surface area contributed by atoms with Gasteiger partial charge in [-0.3, -0.25) is 4.79 Å². The Labute approximate surface area is 153 Å². The zero-order chi connectivity index (χ0) is 15.9. The molecule has 1 aliphatic rings. The number of rotatable bonds is 3. The topological polar surface area (TPSA) is 17.1 Å². The van der Waals surface area contributed by atoms with Gasteiger partial charge in [-0.25, -0.2) is 0 Å². The molecule has 0 aliphatic heterocycles. The van der Waals surface area contributed by atoms with Crippen LogP contribution in [0.25, 0.3) is 5.57 Å². The van der Waals surface area contributed by atoms with Gasteiger partial charge in [-0.2, -0.15) is 6.42 Å². The Bertz CT molecular complexity index is 776. The number of aryl methyl sites for hydroxylation is 2. The molecule has 2 heteroatoms. The van der Waals surface area contributed by atoms with E-state index in [-0.39, 0.29) is 26.8 Å². The summed E-state index contributed by atoms with van der Waals surface area (Å²) in [6, 6.07) is 12.2. The van der Waals surface area contributed by atoms with E-state index in [0.717, 1.165) is 28.7 Å². The van der Waals surface area contributed by atoms with Gasteiger partial charge in [0.1, 0.15) is 0 Å². The summed E-state index contributed by atoms with van der Waals surface area (Å²) < 4.78 is 0. The third kappa shape index (κ3) is 3.12. The van der Waals surface area contributed by atoms with Crippen LogP contribution in [0.5, 0.6) is 0 Å². The second-order valence-corrected chi connectivity index (χ2v) is 6.13. The van der Waals surface area contributed by atoms with Crippen LogP contribution in [0.15, 0.2) is 42.0 Å². The van der Waals surface area contributed by atoms with Crippen LogP contribution >= 0.6 is 0 Å². The number of allylic oxidation sites excluding steroid dienone is 2. The van der Waals surface area contributed by atoms with E-state index in [1.807, 2.05) is 24.3 Å². The summed E-state index contributed by atoms with van der Waals surface area (Å²) in [5.74, 6) is 0.134. The molecule has 0 N–H and O–H groups in total. The number of hydrogen-bond acceptors (Lipinski definition) is 1. The van der Waals surface area contributed by atoms with Crippen molar-refractivity contribution in [2.45, 2.75) is 33.6 Å². The Morgan fingerprint density at radius 3 is 2.30 bits per heavy atom. The Morgan fingerprint density at radius 2 is 1.70 bits per heavy atom. The summed E-state index contributed by atoms with van der Waals surface area (Å²) >= 11 is 0. The van der Waals surface area contributed by atoms with E-state index >= 15 is 0 Å². The van der Waals surface area contributed by atoms with Gasteiger partial charge in [0.25, 0.3) is 0 Å². The van der Waals surface area contributed by atoms with Crippen LogP contribution in [0.1, 0.15) is 44.6 Å². The minimum atomic E-state index is 0. The predicted octanol–water partition coefficient (Wildman–Crippen LogP) is 5.03. The fourth-order valence-corrected chi connectivity index (χ4v) is 3.23. The molecule has 0 spiro atoms. The van der Waals surface area contributed by atoms with E-state index in [2.05, 4.69) is 39.8 Å². The molecule has 0 bridgehead atoms. The molecule has 0 aromatic heterocycles. The summed E-state index contributed by atoms with van der Waals surface area (Å²) in [7, 11) is 0. The fraction of sp³-hybridized carbons (Fsp3) is 0.238. The van der Waals surface area contributed by atoms with Gasteiger partial charge in [-0.1, -0.05) is 29.8 Å². The van der Waals surface area contributed by atoms with Crippen molar-refractivity contribution in [1.29, 1.82) is 0 Å². The van der Waals surface area contributed by atoms with Crippen molar-refractivity contribution < 1.29 is 25.9 Å². The van der Waals surface area contributed by atoms with Gasteiger partial charge in [-0.05, 0) is 67.1 Å². The quantitative estimate of drug-likeness (QED) is 0.452. The van der Waals surface area contributed by atoms with Crippen molar-refractivity contribution in [3.05, 3.63) is 82.3 Å². The van der Waals surface area contributed by atoms with E-state index < -0.39 is 0 Å². The molecule has 118 valence electrons. The first-order valence-electron chi connectivity index (χ1n) is 7.75. The Morgan fingerprint density at radius 1 is 1.09 bits per heavy atom. The number of fused-ring (bicyclic) bond motifs is 1. The van der Waals surface area contributed by atoms with E-state index in [0.29, 0.717) is 6.42 Å². The van der Waals surface area contributed by atoms with Gasteiger partial charge >= 0.3 is 0 Å². The zero-order valence-electron chi connectivity index (χ0n) is 13.9. The maximum absolute atomic E-state index is 13.1. The van der Waals surface area contributed by atoms with Crippen LogP contribution in [-0.4, -0.2) is 5.78 Å². The second-order valence-electron chi connectivity index (χ2n) is 6.13. The SMILES string of the molecule is [CH2-]CC1=C(C(=O)c2cc(C)c(C)c(C)c2)c2ccccc2C1.[W]. The molecule has 2 aromatic rings. The van der Waals surface area contributed by atoms with E-state index in [1.54, 1.807) is 0 Å². The van der Waals surface area contributed by atoms with Gasteiger partial charge < -0.3 is 6.92 Å². The number of carbonyl (C=O) groups excluding carboxylic acids is 1. The predicted molar refractivity (Wildman–Crippen MR) is 92.0 cm³/mol. The second kappa shape index (κ2) is 6.97. The minimum Gasteiger partial charge on any atom is -0.339 e. The van der Waals surface area contributed by atoms with Crippen molar-refractivity contribution in [2.24, 2.45) is 0 Å². The van der Waals surface area contributed by atoms with Crippen LogP contribution in [-0.2, 0) is 27.5 Å². The van der Waals surface area contributed by atoms with Crippen LogP contribution in [0.3, 0.4) is 0 Å². The van der Waals surface area contributed by atoms with Crippen LogP contribution in [0, 0.1) is 27.7 Å². The standard InChI is InChI=1S/C21H21O.W/c1-5-16-12-17-8-6-7-9-19(17)20(16)21(22)18-10-13(2)15(4)14(3)11-18;/h6-11H,1,5,12H2,2-4H3;/q-1;. The van der Waals surface area contributed by atoms with Crippen LogP contribution in [0.2, 0.25) is 0 Å². The third-order valence-corrected chi connectivity index (χ3v) is 4.76. The summed E-state index contributed by atoms with van der Waals surface area (Å²) in [6.45, 7) is 10.3. The molecule has 2 aromatic carbocycles. The zero-order valence-corrected chi connectivity index (χ0v) is 16.8. The molecular formula is C21H21OW-. The molecule has 1 aliphatic carbocycles. The molecule has 0 radical (unpaired) electrons. The third-order valence-electron chi connectivity index (χ3n) is 4.76. The van der Waals surface area contributed by atoms with Crippen molar-refractivity contribution >= 4 is 11.4 Å². The first kappa shape index (κ1) is 17.9. The molecule has 23 heavy (non-hydrogen) atoms. The summed E-state index contributed by atoms with van der Waals surface area (Å²) in [4.78, 5) is 13.1. The van der Waals surface area contributed by atoms with E-state index in [9.17, 15) is 4.79 Å². The molecule has 0 atom stereocenters. The maximum Gasteiger partial charge on any atom is 0.193 e. The number of carbonyl (C=O) groups is 1. The number of hydrogen-bond donors (Lipinski definition) is 0. The maximum atomic E-state index is 13.1. The van der Waals surface area contributed by atoms with Gasteiger partial charge in [0.15, 0.2) is 5.78 Å². The smallest absolute Gasteiger partial charge is 0.193 e.